The predicted molar refractivity (Wildman–Crippen MR) is 195 cm³/mol. The second-order valence-electron chi connectivity index (χ2n) is 12.1. The van der Waals surface area contributed by atoms with Crippen molar-refractivity contribution in [2.24, 2.45) is 0 Å². The van der Waals surface area contributed by atoms with Crippen LogP contribution in [0.4, 0.5) is 17.1 Å². The van der Waals surface area contributed by atoms with E-state index in [0.717, 1.165) is 17.1 Å². The van der Waals surface area contributed by atoms with Crippen LogP contribution in [0.3, 0.4) is 0 Å². The third-order valence-corrected chi connectivity index (χ3v) is 9.64. The summed E-state index contributed by atoms with van der Waals surface area (Å²) < 4.78 is 2.52. The van der Waals surface area contributed by atoms with Gasteiger partial charge in [-0.15, -0.1) is 0 Å². The van der Waals surface area contributed by atoms with Crippen LogP contribution in [0, 0.1) is 0 Å². The molecule has 0 aliphatic carbocycles. The van der Waals surface area contributed by atoms with Crippen molar-refractivity contribution in [3.05, 3.63) is 217 Å². The first-order chi connectivity index (χ1) is 23.4. The van der Waals surface area contributed by atoms with Crippen molar-refractivity contribution in [2.75, 3.05) is 4.90 Å². The van der Waals surface area contributed by atoms with Gasteiger partial charge >= 0.3 is 0 Å². The minimum Gasteiger partial charge on any atom is -0.311 e. The van der Waals surface area contributed by atoms with Gasteiger partial charge in [0.2, 0.25) is 0 Å². The topological polar surface area (TPSA) is 8.17 Å². The molecule has 0 unspecified atom stereocenters. The lowest BCUT2D eigenvalue weighted by Crippen LogP contribution is -2.29. The van der Waals surface area contributed by atoms with E-state index in [1.54, 1.807) is 0 Å². The SMILES string of the molecule is c1ccc(N(c2ccccc2)c2ccc(-c3c4n(c5ccccc35)-c3ccccc3C4(c3ccccc3)c3ccccc3)cc2)cc1. The first kappa shape index (κ1) is 27.2. The summed E-state index contributed by atoms with van der Waals surface area (Å²) in [5.74, 6) is 0. The van der Waals surface area contributed by atoms with E-state index in [4.69, 9.17) is 0 Å². The van der Waals surface area contributed by atoms with E-state index in [0.29, 0.717) is 0 Å². The Morgan fingerprint density at radius 1 is 0.404 bits per heavy atom. The van der Waals surface area contributed by atoms with E-state index in [1.165, 1.54) is 50.1 Å². The van der Waals surface area contributed by atoms with Crippen LogP contribution in [0.2, 0.25) is 0 Å². The molecule has 0 saturated heterocycles. The van der Waals surface area contributed by atoms with Crippen LogP contribution in [-0.4, -0.2) is 4.57 Å². The Balaban J connectivity index is 1.33. The fourth-order valence-corrected chi connectivity index (χ4v) is 7.76. The minimum atomic E-state index is -0.508. The predicted octanol–water partition coefficient (Wildman–Crippen LogP) is 11.5. The fraction of sp³-hybridized carbons (Fsp3) is 0.0222. The van der Waals surface area contributed by atoms with Crippen LogP contribution in [0.25, 0.3) is 27.7 Å². The molecule has 9 rings (SSSR count). The maximum absolute atomic E-state index is 2.52. The Morgan fingerprint density at radius 2 is 0.872 bits per heavy atom. The highest BCUT2D eigenvalue weighted by Gasteiger charge is 2.49. The quantitative estimate of drug-likeness (QED) is 0.184. The Labute approximate surface area is 275 Å². The number of rotatable bonds is 6. The molecular weight excluding hydrogens is 569 g/mol. The number of hydrogen-bond donors (Lipinski definition) is 0. The van der Waals surface area contributed by atoms with Gasteiger partial charge in [0, 0.05) is 28.0 Å². The van der Waals surface area contributed by atoms with Crippen LogP contribution >= 0.6 is 0 Å². The van der Waals surface area contributed by atoms with Gasteiger partial charge in [-0.05, 0) is 70.8 Å². The highest BCUT2D eigenvalue weighted by atomic mass is 15.1. The smallest absolute Gasteiger partial charge is 0.0884 e. The molecule has 1 aliphatic heterocycles. The largest absolute Gasteiger partial charge is 0.311 e. The molecular formula is C45H32N2. The zero-order valence-electron chi connectivity index (χ0n) is 25.9. The van der Waals surface area contributed by atoms with E-state index in [2.05, 4.69) is 204 Å². The summed E-state index contributed by atoms with van der Waals surface area (Å²) in [4.78, 5) is 2.32. The molecule has 0 bridgehead atoms. The van der Waals surface area contributed by atoms with Crippen LogP contribution in [-0.2, 0) is 5.41 Å². The molecule has 2 nitrogen and oxygen atoms in total. The van der Waals surface area contributed by atoms with Crippen LogP contribution < -0.4 is 4.90 Å². The zero-order valence-corrected chi connectivity index (χ0v) is 25.9. The average molecular weight is 601 g/mol. The molecule has 0 saturated carbocycles. The normalized spacial score (nSPS) is 12.9. The highest BCUT2D eigenvalue weighted by molar-refractivity contribution is 6.03. The van der Waals surface area contributed by atoms with E-state index in [-0.39, 0.29) is 0 Å². The van der Waals surface area contributed by atoms with Gasteiger partial charge in [-0.3, -0.25) is 0 Å². The molecule has 0 radical (unpaired) electrons. The van der Waals surface area contributed by atoms with Crippen molar-refractivity contribution in [3.8, 4) is 16.8 Å². The van der Waals surface area contributed by atoms with Crippen molar-refractivity contribution >= 4 is 28.0 Å². The maximum Gasteiger partial charge on any atom is 0.0884 e. The van der Waals surface area contributed by atoms with Crippen LogP contribution in [0.5, 0.6) is 0 Å². The second kappa shape index (κ2) is 11.0. The molecule has 0 spiro atoms. The van der Waals surface area contributed by atoms with Gasteiger partial charge in [-0.2, -0.15) is 0 Å². The van der Waals surface area contributed by atoms with Gasteiger partial charge in [0.1, 0.15) is 0 Å². The van der Waals surface area contributed by atoms with Crippen LogP contribution in [0.1, 0.15) is 22.4 Å². The van der Waals surface area contributed by atoms with Crippen molar-refractivity contribution in [2.45, 2.75) is 5.41 Å². The van der Waals surface area contributed by atoms with Crippen LogP contribution in [0.15, 0.2) is 194 Å². The van der Waals surface area contributed by atoms with E-state index in [1.807, 2.05) is 0 Å². The lowest BCUT2D eigenvalue weighted by atomic mass is 9.67. The van der Waals surface area contributed by atoms with E-state index >= 15 is 0 Å². The number of para-hydroxylation sites is 4. The first-order valence-electron chi connectivity index (χ1n) is 16.2. The zero-order chi connectivity index (χ0) is 31.2. The average Bonchev–Trinajstić information content (AvgIpc) is 3.65. The third-order valence-electron chi connectivity index (χ3n) is 9.64. The van der Waals surface area contributed by atoms with Crippen molar-refractivity contribution in [1.29, 1.82) is 0 Å². The van der Waals surface area contributed by atoms with Gasteiger partial charge in [-0.25, -0.2) is 0 Å². The Bertz CT molecular complexity index is 2240. The number of aromatic nitrogens is 1. The van der Waals surface area contributed by atoms with Crippen molar-refractivity contribution < 1.29 is 0 Å². The first-order valence-corrected chi connectivity index (χ1v) is 16.2. The maximum atomic E-state index is 2.52. The van der Waals surface area contributed by atoms with Gasteiger partial charge < -0.3 is 9.47 Å². The van der Waals surface area contributed by atoms with Crippen molar-refractivity contribution in [1.82, 2.24) is 4.57 Å². The Kier molecular flexibility index (Phi) is 6.39. The van der Waals surface area contributed by atoms with Gasteiger partial charge in [0.05, 0.1) is 22.3 Å². The second-order valence-corrected chi connectivity index (χ2v) is 12.1. The lowest BCUT2D eigenvalue weighted by molar-refractivity contribution is 0.750. The summed E-state index contributed by atoms with van der Waals surface area (Å²) in [5.41, 5.74) is 12.9. The summed E-state index contributed by atoms with van der Waals surface area (Å²) in [7, 11) is 0. The number of anilines is 3. The molecule has 7 aromatic carbocycles. The fourth-order valence-electron chi connectivity index (χ4n) is 7.76. The highest BCUT2D eigenvalue weighted by Crippen LogP contribution is 2.57. The summed E-state index contributed by atoms with van der Waals surface area (Å²) in [5, 5.41) is 1.25. The summed E-state index contributed by atoms with van der Waals surface area (Å²) in [6, 6.07) is 70.3. The molecule has 2 heteroatoms. The molecule has 2 heterocycles. The molecule has 8 aromatic rings. The number of fused-ring (bicyclic) bond motifs is 5. The summed E-state index contributed by atoms with van der Waals surface area (Å²) in [6.45, 7) is 0. The Hall–Kier alpha value is -6.12. The molecule has 1 aliphatic rings. The monoisotopic (exact) mass is 600 g/mol. The summed E-state index contributed by atoms with van der Waals surface area (Å²) in [6.07, 6.45) is 0. The standard InChI is InChI=1S/C45H32N2/c1-5-17-34(18-6-1)45(35-19-7-2-8-20-35)40-26-14-16-28-42(40)47-41-27-15-13-25-39(41)43(44(45)47)33-29-31-38(32-30-33)46(36-21-9-3-10-22-36)37-23-11-4-12-24-37/h1-32H. The third kappa shape index (κ3) is 4.12. The lowest BCUT2D eigenvalue weighted by Gasteiger charge is -2.33. The number of nitrogens with zero attached hydrogens (tertiary/aromatic N) is 2. The van der Waals surface area contributed by atoms with E-state index < -0.39 is 5.41 Å². The molecule has 1 aromatic heterocycles. The van der Waals surface area contributed by atoms with Gasteiger partial charge in [0.25, 0.3) is 0 Å². The Morgan fingerprint density at radius 3 is 1.47 bits per heavy atom. The van der Waals surface area contributed by atoms with Gasteiger partial charge in [0.15, 0.2) is 0 Å². The van der Waals surface area contributed by atoms with Gasteiger partial charge in [-0.1, -0.05) is 146 Å². The van der Waals surface area contributed by atoms with E-state index in [9.17, 15) is 0 Å². The molecule has 222 valence electrons. The minimum absolute atomic E-state index is 0.508. The molecule has 47 heavy (non-hydrogen) atoms. The molecule has 0 atom stereocenters. The summed E-state index contributed by atoms with van der Waals surface area (Å²) >= 11 is 0. The molecule has 0 N–H and O–H groups in total. The molecule has 0 fully saturated rings. The number of benzene rings is 7. The number of hydrogen-bond acceptors (Lipinski definition) is 1. The molecule has 0 amide bonds. The van der Waals surface area contributed by atoms with Crippen molar-refractivity contribution in [3.63, 3.8) is 0 Å².